The molecule has 0 saturated carbocycles. The van der Waals surface area contributed by atoms with E-state index in [-0.39, 0.29) is 23.3 Å². The van der Waals surface area contributed by atoms with Crippen LogP contribution in [-0.2, 0) is 0 Å². The van der Waals surface area contributed by atoms with Crippen LogP contribution in [0.5, 0.6) is 0 Å². The highest BCUT2D eigenvalue weighted by molar-refractivity contribution is 7.27. The number of pyridine rings is 1. The topological polar surface area (TPSA) is 43.6 Å². The van der Waals surface area contributed by atoms with Gasteiger partial charge in [0.15, 0.2) is 11.5 Å². The summed E-state index contributed by atoms with van der Waals surface area (Å²) in [6.45, 7) is 0. The molecule has 0 N–H and O–H groups in total. The molecule has 4 nitrogen and oxygen atoms in total. The lowest BCUT2D eigenvalue weighted by Crippen LogP contribution is -1.98. The summed E-state index contributed by atoms with van der Waals surface area (Å²) in [7, 11) is 0. The molecule has 6 aromatic carbocycles. The van der Waals surface area contributed by atoms with E-state index in [4.69, 9.17) is 16.8 Å². The summed E-state index contributed by atoms with van der Waals surface area (Å²) < 4.78 is 47.0. The van der Waals surface area contributed by atoms with Crippen LogP contribution in [0.1, 0.15) is 6.85 Å². The first-order valence-corrected chi connectivity index (χ1v) is 15.8. The fourth-order valence-electron chi connectivity index (χ4n) is 6.82. The van der Waals surface area contributed by atoms with Gasteiger partial charge in [-0.05, 0) is 36.4 Å². The predicted molar refractivity (Wildman–Crippen MR) is 193 cm³/mol. The van der Waals surface area contributed by atoms with Crippen molar-refractivity contribution in [2.24, 2.45) is 0 Å². The molecule has 0 bridgehead atoms. The van der Waals surface area contributed by atoms with Crippen molar-refractivity contribution in [3.05, 3.63) is 146 Å². The van der Waals surface area contributed by atoms with E-state index >= 15 is 0 Å². The zero-order valence-electron chi connectivity index (χ0n) is 29.2. The maximum atomic E-state index is 8.71. The van der Waals surface area contributed by atoms with Gasteiger partial charge >= 0.3 is 0 Å². The van der Waals surface area contributed by atoms with Crippen molar-refractivity contribution in [2.45, 2.75) is 0 Å². The quantitative estimate of drug-likeness (QED) is 0.200. The van der Waals surface area contributed by atoms with Gasteiger partial charge in [0, 0.05) is 70.1 Å². The first-order valence-electron chi connectivity index (χ1n) is 17.5. The molecular weight excluding hydrogens is 581 g/mol. The molecule has 0 spiro atoms. The summed E-state index contributed by atoms with van der Waals surface area (Å²) >= 11 is 1.83. The number of para-hydroxylation sites is 1. The maximum absolute atomic E-state index is 8.71. The number of thiophene rings is 1. The molecule has 0 radical (unpaired) electrons. The van der Waals surface area contributed by atoms with Crippen LogP contribution in [0, 0.1) is 0 Å². The van der Waals surface area contributed by atoms with E-state index in [1.54, 1.807) is 18.3 Å². The largest absolute Gasteiger partial charge is 0.309 e. The SMILES string of the molecule is [2H]c1c([2H])c([2H])c(-c2nc(-c3cccc(-n4c5ccccc5c5c6c7ccccc7sc6c6ccccc6c54)c3)nc3ncccc23)c([2H])c1[2H]. The Kier molecular flexibility index (Phi) is 4.46. The van der Waals surface area contributed by atoms with Crippen molar-refractivity contribution in [3.8, 4) is 28.3 Å². The minimum atomic E-state index is -0.454. The standard InChI is InChI=1S/C41H24N4S/c1-2-12-25(13-3-1)37-32-20-11-23-42-41(32)44-40(43-37)26-14-10-15-27(24-26)45-33-21-8-6-18-30(33)35-36-31-19-7-9-22-34(31)46-39(36)29-17-5-4-16-28(29)38(35)45/h1-24H/i1D,2D,3D,12D,13D. The summed E-state index contributed by atoms with van der Waals surface area (Å²) in [4.78, 5) is 14.3. The smallest absolute Gasteiger partial charge is 0.163 e. The first-order chi connectivity index (χ1) is 24.9. The van der Waals surface area contributed by atoms with Crippen LogP contribution >= 0.6 is 11.3 Å². The highest BCUT2D eigenvalue weighted by Crippen LogP contribution is 2.48. The predicted octanol–water partition coefficient (Wildman–Crippen LogP) is 11.0. The summed E-state index contributed by atoms with van der Waals surface area (Å²) in [6.07, 6.45) is 1.62. The maximum Gasteiger partial charge on any atom is 0.163 e. The highest BCUT2D eigenvalue weighted by atomic mass is 32.1. The van der Waals surface area contributed by atoms with Crippen LogP contribution in [0.3, 0.4) is 0 Å². The third kappa shape index (κ3) is 3.63. The molecule has 0 saturated heterocycles. The van der Waals surface area contributed by atoms with E-state index in [9.17, 15) is 0 Å². The molecule has 10 rings (SSSR count). The number of fused-ring (bicyclic) bond motifs is 11. The molecule has 0 aliphatic rings. The lowest BCUT2D eigenvalue weighted by atomic mass is 10.00. The van der Waals surface area contributed by atoms with Crippen LogP contribution in [-0.4, -0.2) is 19.5 Å². The third-order valence-corrected chi connectivity index (χ3v) is 9.92. The highest BCUT2D eigenvalue weighted by Gasteiger charge is 2.22. The van der Waals surface area contributed by atoms with Crippen LogP contribution in [0.4, 0.5) is 0 Å². The van der Waals surface area contributed by atoms with E-state index in [0.29, 0.717) is 22.4 Å². The number of hydrogen-bond donors (Lipinski definition) is 0. The molecule has 0 unspecified atom stereocenters. The van der Waals surface area contributed by atoms with Crippen molar-refractivity contribution in [1.29, 1.82) is 0 Å². The van der Waals surface area contributed by atoms with Gasteiger partial charge < -0.3 is 4.57 Å². The molecule has 0 aliphatic carbocycles. The van der Waals surface area contributed by atoms with Crippen molar-refractivity contribution in [2.75, 3.05) is 0 Å². The van der Waals surface area contributed by atoms with Crippen molar-refractivity contribution in [3.63, 3.8) is 0 Å². The molecule has 46 heavy (non-hydrogen) atoms. The van der Waals surface area contributed by atoms with E-state index in [1.165, 1.54) is 30.9 Å². The van der Waals surface area contributed by atoms with Gasteiger partial charge in [-0.3, -0.25) is 0 Å². The van der Waals surface area contributed by atoms with Crippen LogP contribution in [0.15, 0.2) is 146 Å². The second kappa shape index (κ2) is 9.80. The Morgan fingerprint density at radius 1 is 0.609 bits per heavy atom. The average molecular weight is 610 g/mol. The minimum Gasteiger partial charge on any atom is -0.309 e. The summed E-state index contributed by atoms with van der Waals surface area (Å²) in [5.74, 6) is 0.335. The Balaban J connectivity index is 1.28. The second-order valence-electron chi connectivity index (χ2n) is 11.2. The fourth-order valence-corrected chi connectivity index (χ4v) is 8.07. The van der Waals surface area contributed by atoms with Gasteiger partial charge in [-0.1, -0.05) is 103 Å². The summed E-state index contributed by atoms with van der Waals surface area (Å²) in [5, 5.41) is 7.71. The van der Waals surface area contributed by atoms with Crippen molar-refractivity contribution >= 4 is 75.1 Å². The van der Waals surface area contributed by atoms with E-state index in [2.05, 4.69) is 88.4 Å². The fraction of sp³-hybridized carbons (Fsp3) is 0. The molecule has 0 fully saturated rings. The molecule has 0 aliphatic heterocycles. The average Bonchev–Trinajstić information content (AvgIpc) is 3.73. The molecule has 0 amide bonds. The van der Waals surface area contributed by atoms with Crippen LogP contribution in [0.25, 0.3) is 92.1 Å². The lowest BCUT2D eigenvalue weighted by molar-refractivity contribution is 1.16. The molecule has 4 aromatic heterocycles. The lowest BCUT2D eigenvalue weighted by Gasteiger charge is -2.13. The Morgan fingerprint density at radius 2 is 1.37 bits per heavy atom. The summed E-state index contributed by atoms with van der Waals surface area (Å²) in [6, 6.07) is 35.3. The molecule has 5 heteroatoms. The van der Waals surface area contributed by atoms with E-state index in [0.717, 1.165) is 27.5 Å². The van der Waals surface area contributed by atoms with Gasteiger partial charge in [0.2, 0.25) is 0 Å². The third-order valence-electron chi connectivity index (χ3n) is 8.72. The molecular formula is C41H24N4S. The Labute approximate surface area is 274 Å². The van der Waals surface area contributed by atoms with Gasteiger partial charge in [0.1, 0.15) is 0 Å². The van der Waals surface area contributed by atoms with Crippen LogP contribution < -0.4 is 0 Å². The molecule has 0 atom stereocenters. The normalized spacial score (nSPS) is 13.4. The van der Waals surface area contributed by atoms with E-state index in [1.807, 2.05) is 29.5 Å². The molecule has 10 aromatic rings. The number of aromatic nitrogens is 4. The molecule has 4 heterocycles. The van der Waals surface area contributed by atoms with Gasteiger partial charge in [0.25, 0.3) is 0 Å². The van der Waals surface area contributed by atoms with Gasteiger partial charge in [-0.25, -0.2) is 15.0 Å². The summed E-state index contributed by atoms with van der Waals surface area (Å²) in [5.41, 5.74) is 4.41. The Hall–Kier alpha value is -5.91. The number of rotatable bonds is 3. The van der Waals surface area contributed by atoms with Crippen molar-refractivity contribution in [1.82, 2.24) is 19.5 Å². The zero-order valence-corrected chi connectivity index (χ0v) is 25.0. The minimum absolute atomic E-state index is 0.0136. The number of benzene rings is 6. The second-order valence-corrected chi connectivity index (χ2v) is 12.3. The van der Waals surface area contributed by atoms with Gasteiger partial charge in [-0.2, -0.15) is 0 Å². The number of hydrogen-bond acceptors (Lipinski definition) is 4. The van der Waals surface area contributed by atoms with Gasteiger partial charge in [0.05, 0.1) is 23.6 Å². The molecule has 214 valence electrons. The van der Waals surface area contributed by atoms with Gasteiger partial charge in [-0.15, -0.1) is 11.3 Å². The van der Waals surface area contributed by atoms with Crippen molar-refractivity contribution < 1.29 is 6.85 Å². The zero-order chi connectivity index (χ0) is 34.5. The Morgan fingerprint density at radius 3 is 2.26 bits per heavy atom. The monoisotopic (exact) mass is 609 g/mol. The number of nitrogens with zero attached hydrogens (tertiary/aromatic N) is 4. The van der Waals surface area contributed by atoms with Crippen LogP contribution in [0.2, 0.25) is 0 Å². The first kappa shape index (κ1) is 20.9. The van der Waals surface area contributed by atoms with E-state index < -0.39 is 18.1 Å². The Bertz CT molecular complexity index is 3080.